The first kappa shape index (κ1) is 27.1. The molecule has 0 bridgehead atoms. The minimum atomic E-state index is -3.99. The molecule has 0 unspecified atom stereocenters. The molecule has 1 amide bonds. The summed E-state index contributed by atoms with van der Waals surface area (Å²) in [5.41, 5.74) is 1.18. The predicted molar refractivity (Wildman–Crippen MR) is 141 cm³/mol. The molecule has 0 saturated carbocycles. The van der Waals surface area contributed by atoms with E-state index in [9.17, 15) is 21.6 Å². The van der Waals surface area contributed by atoms with Crippen LogP contribution in [0.1, 0.15) is 5.56 Å². The third-order valence-electron chi connectivity index (χ3n) is 4.84. The molecule has 0 aliphatic heterocycles. The van der Waals surface area contributed by atoms with E-state index >= 15 is 0 Å². The second-order valence-corrected chi connectivity index (χ2v) is 12.2. The number of carbonyl (C=O) groups excluding carboxylic acids is 1. The highest BCUT2D eigenvalue weighted by molar-refractivity contribution is 7.92. The van der Waals surface area contributed by atoms with Gasteiger partial charge in [0.25, 0.3) is 10.0 Å². The number of anilines is 3. The van der Waals surface area contributed by atoms with Crippen LogP contribution in [-0.4, -0.2) is 35.5 Å². The number of rotatable bonds is 8. The SMILES string of the molecule is Cc1c(Cl)cccc1N(CC(=O)Nc1ccc(S(=O)(=O)Nc2cccc(Cl)c2Cl)cc1)S(C)(=O)=O. The van der Waals surface area contributed by atoms with Crippen molar-refractivity contribution >= 4 is 77.8 Å². The molecule has 0 spiro atoms. The summed E-state index contributed by atoms with van der Waals surface area (Å²) in [6, 6.07) is 14.6. The zero-order valence-electron chi connectivity index (χ0n) is 18.4. The average Bonchev–Trinajstić information content (AvgIpc) is 2.77. The Kier molecular flexibility index (Phi) is 8.23. The second kappa shape index (κ2) is 10.6. The van der Waals surface area contributed by atoms with E-state index in [1.807, 2.05) is 0 Å². The van der Waals surface area contributed by atoms with Gasteiger partial charge in [0.1, 0.15) is 6.54 Å². The molecular formula is C22H20Cl3N3O5S2. The van der Waals surface area contributed by atoms with Crippen molar-refractivity contribution in [2.24, 2.45) is 0 Å². The van der Waals surface area contributed by atoms with Crippen molar-refractivity contribution in [3.63, 3.8) is 0 Å². The second-order valence-electron chi connectivity index (χ2n) is 7.43. The molecule has 186 valence electrons. The molecular weight excluding hydrogens is 557 g/mol. The molecule has 3 aromatic rings. The number of nitrogens with one attached hydrogen (secondary N) is 2. The maximum Gasteiger partial charge on any atom is 0.261 e. The summed E-state index contributed by atoms with van der Waals surface area (Å²) in [6.07, 6.45) is 0.986. The van der Waals surface area contributed by atoms with Gasteiger partial charge < -0.3 is 5.32 Å². The third-order valence-corrected chi connectivity index (χ3v) is 8.58. The summed E-state index contributed by atoms with van der Waals surface area (Å²) in [6.45, 7) is 1.15. The Balaban J connectivity index is 1.75. The van der Waals surface area contributed by atoms with E-state index in [2.05, 4.69) is 10.0 Å². The molecule has 8 nitrogen and oxygen atoms in total. The first-order valence-corrected chi connectivity index (χ1v) is 14.4. The first-order valence-electron chi connectivity index (χ1n) is 9.89. The van der Waals surface area contributed by atoms with Crippen LogP contribution in [-0.2, 0) is 24.8 Å². The van der Waals surface area contributed by atoms with Gasteiger partial charge in [0.2, 0.25) is 15.9 Å². The average molecular weight is 577 g/mol. The Bertz CT molecular complexity index is 1480. The Morgan fingerprint density at radius 1 is 0.886 bits per heavy atom. The lowest BCUT2D eigenvalue weighted by Crippen LogP contribution is -2.37. The van der Waals surface area contributed by atoms with Crippen LogP contribution in [0.15, 0.2) is 65.6 Å². The Morgan fingerprint density at radius 3 is 2.11 bits per heavy atom. The van der Waals surface area contributed by atoms with Crippen LogP contribution >= 0.6 is 34.8 Å². The molecule has 0 aromatic heterocycles. The van der Waals surface area contributed by atoms with Gasteiger partial charge in [0.15, 0.2) is 0 Å². The van der Waals surface area contributed by atoms with E-state index < -0.39 is 32.5 Å². The van der Waals surface area contributed by atoms with Gasteiger partial charge in [-0.2, -0.15) is 0 Å². The smallest absolute Gasteiger partial charge is 0.261 e. The van der Waals surface area contributed by atoms with Crippen molar-refractivity contribution in [2.45, 2.75) is 11.8 Å². The fraction of sp³-hybridized carbons (Fsp3) is 0.136. The summed E-state index contributed by atoms with van der Waals surface area (Å²) < 4.78 is 53.4. The quantitative estimate of drug-likeness (QED) is 0.385. The van der Waals surface area contributed by atoms with Crippen molar-refractivity contribution in [2.75, 3.05) is 27.1 Å². The molecule has 0 atom stereocenters. The summed E-state index contributed by atoms with van der Waals surface area (Å²) in [5, 5.41) is 3.18. The van der Waals surface area contributed by atoms with Crippen LogP contribution in [0.5, 0.6) is 0 Å². The van der Waals surface area contributed by atoms with Crippen molar-refractivity contribution in [1.82, 2.24) is 0 Å². The van der Waals surface area contributed by atoms with Crippen LogP contribution in [0.25, 0.3) is 0 Å². The maximum absolute atomic E-state index is 12.7. The van der Waals surface area contributed by atoms with Crippen molar-refractivity contribution in [3.05, 3.63) is 81.3 Å². The largest absolute Gasteiger partial charge is 0.325 e. The van der Waals surface area contributed by atoms with Gasteiger partial charge in [0.05, 0.1) is 32.6 Å². The molecule has 3 aromatic carbocycles. The molecule has 0 heterocycles. The summed E-state index contributed by atoms with van der Waals surface area (Å²) in [4.78, 5) is 12.5. The summed E-state index contributed by atoms with van der Waals surface area (Å²) in [5.74, 6) is -0.630. The minimum Gasteiger partial charge on any atom is -0.325 e. The van der Waals surface area contributed by atoms with Gasteiger partial charge >= 0.3 is 0 Å². The van der Waals surface area contributed by atoms with Crippen LogP contribution in [0.3, 0.4) is 0 Å². The molecule has 0 fully saturated rings. The predicted octanol–water partition coefficient (Wildman–Crippen LogP) is 5.16. The highest BCUT2D eigenvalue weighted by Crippen LogP contribution is 2.31. The highest BCUT2D eigenvalue weighted by Gasteiger charge is 2.23. The normalized spacial score (nSPS) is 11.7. The van der Waals surface area contributed by atoms with Crippen LogP contribution < -0.4 is 14.3 Å². The molecule has 0 saturated heterocycles. The van der Waals surface area contributed by atoms with Crippen molar-refractivity contribution in [1.29, 1.82) is 0 Å². The van der Waals surface area contributed by atoms with Gasteiger partial charge in [-0.25, -0.2) is 16.8 Å². The number of nitrogens with zero attached hydrogens (tertiary/aromatic N) is 1. The van der Waals surface area contributed by atoms with Crippen molar-refractivity contribution in [3.8, 4) is 0 Å². The zero-order valence-corrected chi connectivity index (χ0v) is 22.3. The number of benzene rings is 3. The minimum absolute atomic E-state index is 0.0620. The third kappa shape index (κ3) is 6.59. The van der Waals surface area contributed by atoms with E-state index in [1.165, 1.54) is 36.4 Å². The first-order chi connectivity index (χ1) is 16.3. The van der Waals surface area contributed by atoms with E-state index in [1.54, 1.807) is 31.2 Å². The molecule has 35 heavy (non-hydrogen) atoms. The fourth-order valence-corrected chi connectivity index (χ4v) is 5.63. The summed E-state index contributed by atoms with van der Waals surface area (Å²) in [7, 11) is -7.79. The standard InChI is InChI=1S/C22H20Cl3N3O5S2/c1-14-17(23)5-4-8-20(14)28(34(2,30)31)13-21(29)26-15-9-11-16(12-10-15)35(32,33)27-19-7-3-6-18(24)22(19)25/h3-12,27H,13H2,1-2H3,(H,26,29). The van der Waals surface area contributed by atoms with Gasteiger partial charge in [-0.3, -0.25) is 13.8 Å². The topological polar surface area (TPSA) is 113 Å². The number of carbonyl (C=O) groups is 1. The Labute approximate surface area is 218 Å². The monoisotopic (exact) mass is 575 g/mol. The van der Waals surface area contributed by atoms with E-state index in [0.29, 0.717) is 10.6 Å². The molecule has 0 aliphatic carbocycles. The Morgan fingerprint density at radius 2 is 1.49 bits per heavy atom. The van der Waals surface area contributed by atoms with E-state index in [4.69, 9.17) is 34.8 Å². The molecule has 13 heteroatoms. The number of sulfonamides is 2. The van der Waals surface area contributed by atoms with Gasteiger partial charge in [-0.1, -0.05) is 46.9 Å². The van der Waals surface area contributed by atoms with Crippen LogP contribution in [0.2, 0.25) is 15.1 Å². The molecule has 3 rings (SSSR count). The van der Waals surface area contributed by atoms with Crippen LogP contribution in [0, 0.1) is 6.92 Å². The lowest BCUT2D eigenvalue weighted by molar-refractivity contribution is -0.114. The number of hydrogen-bond acceptors (Lipinski definition) is 5. The van der Waals surface area contributed by atoms with Gasteiger partial charge in [-0.05, 0) is 61.0 Å². The highest BCUT2D eigenvalue weighted by atomic mass is 35.5. The van der Waals surface area contributed by atoms with E-state index in [-0.39, 0.29) is 32.0 Å². The summed E-state index contributed by atoms with van der Waals surface area (Å²) >= 11 is 18.1. The maximum atomic E-state index is 12.7. The fourth-order valence-electron chi connectivity index (χ4n) is 3.08. The van der Waals surface area contributed by atoms with Gasteiger partial charge in [0, 0.05) is 10.7 Å². The number of amides is 1. The molecule has 0 aliphatic rings. The molecule has 2 N–H and O–H groups in total. The van der Waals surface area contributed by atoms with Crippen molar-refractivity contribution < 1.29 is 21.6 Å². The lowest BCUT2D eigenvalue weighted by Gasteiger charge is -2.24. The lowest BCUT2D eigenvalue weighted by atomic mass is 10.2. The number of hydrogen-bond donors (Lipinski definition) is 2. The van der Waals surface area contributed by atoms with Gasteiger partial charge in [-0.15, -0.1) is 0 Å². The molecule has 0 radical (unpaired) electrons. The number of halogens is 3. The zero-order chi connectivity index (χ0) is 26.0. The Hall–Kier alpha value is -2.50. The van der Waals surface area contributed by atoms with Crippen LogP contribution in [0.4, 0.5) is 17.1 Å². The van der Waals surface area contributed by atoms with E-state index in [0.717, 1.165) is 10.6 Å².